The van der Waals surface area contributed by atoms with Gasteiger partial charge in [0.1, 0.15) is 0 Å². The van der Waals surface area contributed by atoms with Crippen molar-refractivity contribution in [1.29, 1.82) is 0 Å². The average Bonchev–Trinajstić information content (AvgIpc) is 2.73. The maximum absolute atomic E-state index is 12.5. The number of carbonyl (C=O) groups is 2. The van der Waals surface area contributed by atoms with E-state index in [0.717, 1.165) is 5.56 Å². The fraction of sp³-hybridized carbons (Fsp3) is 0.238. The van der Waals surface area contributed by atoms with Crippen LogP contribution in [-0.4, -0.2) is 28.3 Å². The second kappa shape index (κ2) is 9.34. The lowest BCUT2D eigenvalue weighted by Crippen LogP contribution is -2.30. The number of hydrogen-bond acceptors (Lipinski definition) is 5. The number of hydrogen-bond donors (Lipinski definition) is 1. The van der Waals surface area contributed by atoms with Crippen molar-refractivity contribution in [2.75, 3.05) is 6.61 Å². The van der Waals surface area contributed by atoms with Crippen molar-refractivity contribution in [2.24, 2.45) is 0 Å². The molecule has 0 unspecified atom stereocenters. The molecular weight excluding hydrogens is 394 g/mol. The van der Waals surface area contributed by atoms with Gasteiger partial charge < -0.3 is 10.1 Å². The predicted octanol–water partition coefficient (Wildman–Crippen LogP) is 2.93. The van der Waals surface area contributed by atoms with E-state index >= 15 is 0 Å². The van der Waals surface area contributed by atoms with Gasteiger partial charge in [0.25, 0.3) is 11.5 Å². The Morgan fingerprint density at radius 1 is 1.10 bits per heavy atom. The highest BCUT2D eigenvalue weighted by Gasteiger charge is 2.18. The van der Waals surface area contributed by atoms with Crippen LogP contribution < -0.4 is 10.9 Å². The maximum atomic E-state index is 12.5. The molecule has 150 valence electrons. The topological polar surface area (TPSA) is 90.3 Å². The first-order chi connectivity index (χ1) is 14.0. The Hall–Kier alpha value is -3.19. The van der Waals surface area contributed by atoms with Gasteiger partial charge in [0.15, 0.2) is 12.3 Å². The number of rotatable bonds is 7. The third kappa shape index (κ3) is 5.00. The smallest absolute Gasteiger partial charge is 0.359 e. The van der Waals surface area contributed by atoms with Crippen LogP contribution in [0.2, 0.25) is 5.02 Å². The molecule has 0 radical (unpaired) electrons. The minimum absolute atomic E-state index is 0.0131. The standard InChI is InChI=1S/C21H20ClN3O4/c1-2-11-25-20(27)17-6-4-3-5-16(17)19(24-25)21(28)29-13-18(26)23-12-14-7-9-15(22)10-8-14/h3-10H,2,11-13H2,1H3,(H,23,26). The summed E-state index contributed by atoms with van der Waals surface area (Å²) in [5.74, 6) is -1.20. The molecule has 3 rings (SSSR count). The van der Waals surface area contributed by atoms with Crippen molar-refractivity contribution in [3.05, 3.63) is 75.2 Å². The Morgan fingerprint density at radius 2 is 1.79 bits per heavy atom. The molecule has 3 aromatic rings. The lowest BCUT2D eigenvalue weighted by molar-refractivity contribution is -0.124. The van der Waals surface area contributed by atoms with E-state index in [2.05, 4.69) is 10.4 Å². The molecule has 1 N–H and O–H groups in total. The van der Waals surface area contributed by atoms with Crippen LogP contribution in [0.3, 0.4) is 0 Å². The molecule has 0 saturated carbocycles. The van der Waals surface area contributed by atoms with E-state index in [4.69, 9.17) is 16.3 Å². The molecule has 0 bridgehead atoms. The molecular formula is C21H20ClN3O4. The lowest BCUT2D eigenvalue weighted by Gasteiger charge is -2.10. The summed E-state index contributed by atoms with van der Waals surface area (Å²) in [4.78, 5) is 37.0. The van der Waals surface area contributed by atoms with Crippen LogP contribution in [0.1, 0.15) is 29.4 Å². The van der Waals surface area contributed by atoms with Crippen molar-refractivity contribution in [3.8, 4) is 0 Å². The highest BCUT2D eigenvalue weighted by Crippen LogP contribution is 2.14. The largest absolute Gasteiger partial charge is 0.451 e. The molecule has 7 nitrogen and oxygen atoms in total. The summed E-state index contributed by atoms with van der Waals surface area (Å²) < 4.78 is 6.38. The highest BCUT2D eigenvalue weighted by atomic mass is 35.5. The van der Waals surface area contributed by atoms with Gasteiger partial charge in [-0.15, -0.1) is 0 Å². The van der Waals surface area contributed by atoms with Gasteiger partial charge in [-0.05, 0) is 30.2 Å². The number of fused-ring (bicyclic) bond motifs is 1. The van der Waals surface area contributed by atoms with Gasteiger partial charge in [-0.2, -0.15) is 5.10 Å². The number of benzene rings is 2. The van der Waals surface area contributed by atoms with Gasteiger partial charge in [0, 0.05) is 23.5 Å². The second-order valence-corrected chi connectivity index (χ2v) is 6.84. The van der Waals surface area contributed by atoms with Crippen LogP contribution in [0.4, 0.5) is 0 Å². The summed E-state index contributed by atoms with van der Waals surface area (Å²) in [7, 11) is 0. The van der Waals surface area contributed by atoms with Gasteiger partial charge >= 0.3 is 5.97 Å². The Labute approximate surface area is 172 Å². The van der Waals surface area contributed by atoms with Gasteiger partial charge in [-0.3, -0.25) is 9.59 Å². The minimum atomic E-state index is -0.757. The summed E-state index contributed by atoms with van der Waals surface area (Å²) in [6.45, 7) is 2.13. The average molecular weight is 414 g/mol. The molecule has 1 heterocycles. The quantitative estimate of drug-likeness (QED) is 0.601. The number of amides is 1. The van der Waals surface area contributed by atoms with Crippen molar-refractivity contribution in [2.45, 2.75) is 26.4 Å². The van der Waals surface area contributed by atoms with Gasteiger partial charge in [-0.1, -0.05) is 48.9 Å². The summed E-state index contributed by atoms with van der Waals surface area (Å²) in [6, 6.07) is 13.8. The first-order valence-electron chi connectivity index (χ1n) is 9.17. The number of esters is 1. The number of aromatic nitrogens is 2. The number of nitrogens with zero attached hydrogens (tertiary/aromatic N) is 2. The molecule has 1 amide bonds. The summed E-state index contributed by atoms with van der Waals surface area (Å²) in [5.41, 5.74) is 0.618. The number of nitrogens with one attached hydrogen (secondary N) is 1. The molecule has 0 saturated heterocycles. The Balaban J connectivity index is 1.69. The molecule has 0 aliphatic heterocycles. The lowest BCUT2D eigenvalue weighted by atomic mass is 10.1. The second-order valence-electron chi connectivity index (χ2n) is 6.40. The van der Waals surface area contributed by atoms with Crippen LogP contribution in [0, 0.1) is 0 Å². The highest BCUT2D eigenvalue weighted by molar-refractivity contribution is 6.30. The molecule has 2 aromatic carbocycles. The van der Waals surface area contributed by atoms with E-state index in [0.29, 0.717) is 28.8 Å². The maximum Gasteiger partial charge on any atom is 0.359 e. The van der Waals surface area contributed by atoms with E-state index in [1.165, 1.54) is 4.68 Å². The first kappa shape index (κ1) is 20.5. The zero-order valence-electron chi connectivity index (χ0n) is 15.9. The van der Waals surface area contributed by atoms with E-state index in [1.54, 1.807) is 48.5 Å². The summed E-state index contributed by atoms with van der Waals surface area (Å²) >= 11 is 5.83. The minimum Gasteiger partial charge on any atom is -0.451 e. The van der Waals surface area contributed by atoms with Gasteiger partial charge in [-0.25, -0.2) is 9.48 Å². The van der Waals surface area contributed by atoms with E-state index in [1.807, 2.05) is 6.92 Å². The number of carbonyl (C=O) groups excluding carboxylic acids is 2. The number of ether oxygens (including phenoxy) is 1. The van der Waals surface area contributed by atoms with Gasteiger partial charge in [0.2, 0.25) is 0 Å². The van der Waals surface area contributed by atoms with Crippen LogP contribution in [-0.2, 0) is 22.6 Å². The normalized spacial score (nSPS) is 10.7. The van der Waals surface area contributed by atoms with E-state index in [9.17, 15) is 14.4 Å². The Kier molecular flexibility index (Phi) is 6.61. The first-order valence-corrected chi connectivity index (χ1v) is 9.55. The van der Waals surface area contributed by atoms with Crippen LogP contribution in [0.25, 0.3) is 10.8 Å². The van der Waals surface area contributed by atoms with E-state index < -0.39 is 18.5 Å². The molecule has 0 aliphatic rings. The monoisotopic (exact) mass is 413 g/mol. The Morgan fingerprint density at radius 3 is 2.48 bits per heavy atom. The zero-order chi connectivity index (χ0) is 20.8. The molecule has 29 heavy (non-hydrogen) atoms. The number of halogens is 1. The number of aryl methyl sites for hydroxylation is 1. The Bertz CT molecular complexity index is 1090. The van der Waals surface area contributed by atoms with Crippen molar-refractivity contribution in [3.63, 3.8) is 0 Å². The molecule has 8 heteroatoms. The van der Waals surface area contributed by atoms with Crippen molar-refractivity contribution < 1.29 is 14.3 Å². The fourth-order valence-electron chi connectivity index (χ4n) is 2.80. The summed E-state index contributed by atoms with van der Waals surface area (Å²) in [6.07, 6.45) is 0.687. The van der Waals surface area contributed by atoms with E-state index in [-0.39, 0.29) is 17.8 Å². The molecule has 0 atom stereocenters. The van der Waals surface area contributed by atoms with Gasteiger partial charge in [0.05, 0.1) is 5.39 Å². The fourth-order valence-corrected chi connectivity index (χ4v) is 2.93. The third-order valence-corrected chi connectivity index (χ3v) is 4.49. The van der Waals surface area contributed by atoms with Crippen molar-refractivity contribution >= 4 is 34.2 Å². The predicted molar refractivity (Wildman–Crippen MR) is 110 cm³/mol. The molecule has 0 aliphatic carbocycles. The molecule has 0 spiro atoms. The SMILES string of the molecule is CCCn1nc(C(=O)OCC(=O)NCc2ccc(Cl)cc2)c2ccccc2c1=O. The van der Waals surface area contributed by atoms with Crippen molar-refractivity contribution in [1.82, 2.24) is 15.1 Å². The zero-order valence-corrected chi connectivity index (χ0v) is 16.6. The molecule has 1 aromatic heterocycles. The van der Waals surface area contributed by atoms with Crippen LogP contribution in [0.5, 0.6) is 0 Å². The van der Waals surface area contributed by atoms with Crippen LogP contribution >= 0.6 is 11.6 Å². The summed E-state index contributed by atoms with van der Waals surface area (Å²) in [5, 5.41) is 8.22. The molecule has 0 fully saturated rings. The third-order valence-electron chi connectivity index (χ3n) is 4.23. The van der Waals surface area contributed by atoms with Crippen LogP contribution in [0.15, 0.2) is 53.3 Å².